The van der Waals surface area contributed by atoms with Crippen LogP contribution in [0, 0.1) is 11.3 Å². The lowest BCUT2D eigenvalue weighted by molar-refractivity contribution is -0.118. The van der Waals surface area contributed by atoms with Gasteiger partial charge in [-0.15, -0.1) is 11.8 Å². The van der Waals surface area contributed by atoms with Gasteiger partial charge in [-0.05, 0) is 70.0 Å². The highest BCUT2D eigenvalue weighted by Gasteiger charge is 2.06. The van der Waals surface area contributed by atoms with E-state index in [0.29, 0.717) is 16.3 Å². The third-order valence-corrected chi connectivity index (χ3v) is 5.95. The molecule has 0 unspecified atom stereocenters. The molecule has 5 nitrogen and oxygen atoms in total. The van der Waals surface area contributed by atoms with Gasteiger partial charge in [0.2, 0.25) is 5.91 Å². The van der Waals surface area contributed by atoms with Crippen LogP contribution in [-0.4, -0.2) is 17.9 Å². The number of hydrogen-bond donors (Lipinski definition) is 1. The normalized spacial score (nSPS) is 10.6. The van der Waals surface area contributed by atoms with Crippen LogP contribution in [0.1, 0.15) is 16.7 Å². The maximum atomic E-state index is 11.9. The van der Waals surface area contributed by atoms with Gasteiger partial charge >= 0.3 is 0 Å². The lowest BCUT2D eigenvalue weighted by atomic mass is 10.1. The van der Waals surface area contributed by atoms with E-state index in [1.807, 2.05) is 42.5 Å². The van der Waals surface area contributed by atoms with Gasteiger partial charge in [0.05, 0.1) is 28.1 Å². The molecule has 3 aromatic carbocycles. The van der Waals surface area contributed by atoms with Gasteiger partial charge in [0.25, 0.3) is 0 Å². The number of nitriles is 1. The third-order valence-electron chi connectivity index (χ3n) is 4.06. The first-order valence-corrected chi connectivity index (χ1v) is 11.3. The maximum Gasteiger partial charge on any atom is 0.250 e. The Kier molecular flexibility index (Phi) is 8.53. The van der Waals surface area contributed by atoms with Crippen molar-refractivity contribution < 1.29 is 9.53 Å². The summed E-state index contributed by atoms with van der Waals surface area (Å²) in [6.07, 6.45) is 1.56. The number of amides is 1. The zero-order chi connectivity index (χ0) is 22.1. The fourth-order valence-corrected chi connectivity index (χ4v) is 3.84. The molecule has 0 spiro atoms. The first-order valence-electron chi connectivity index (χ1n) is 9.16. The lowest BCUT2D eigenvalue weighted by Gasteiger charge is -2.10. The van der Waals surface area contributed by atoms with Crippen LogP contribution >= 0.6 is 39.3 Å². The smallest absolute Gasteiger partial charge is 0.250 e. The summed E-state index contributed by atoms with van der Waals surface area (Å²) >= 11 is 10.7. The molecular weight excluding hydrogens is 498 g/mol. The third kappa shape index (κ3) is 7.14. The SMILES string of the molecule is N#Cc1ccccc1COc1ccc(/C=N\NC(=O)CSc2ccc(Cl)cc2)cc1Br. The topological polar surface area (TPSA) is 74.5 Å². The summed E-state index contributed by atoms with van der Waals surface area (Å²) in [5.41, 5.74) is 4.72. The zero-order valence-electron chi connectivity index (χ0n) is 16.2. The first-order chi connectivity index (χ1) is 15.0. The molecule has 3 rings (SSSR count). The fourth-order valence-electron chi connectivity index (χ4n) is 2.52. The minimum Gasteiger partial charge on any atom is -0.488 e. The van der Waals surface area contributed by atoms with Gasteiger partial charge in [-0.1, -0.05) is 29.8 Å². The Morgan fingerprint density at radius 3 is 2.71 bits per heavy atom. The molecule has 1 N–H and O–H groups in total. The van der Waals surface area contributed by atoms with Crippen molar-refractivity contribution in [2.24, 2.45) is 5.10 Å². The molecular formula is C23H17BrClN3O2S. The zero-order valence-corrected chi connectivity index (χ0v) is 19.4. The van der Waals surface area contributed by atoms with Crippen molar-refractivity contribution in [2.75, 3.05) is 5.75 Å². The van der Waals surface area contributed by atoms with Gasteiger partial charge < -0.3 is 4.74 Å². The minimum atomic E-state index is -0.202. The number of rotatable bonds is 8. The Morgan fingerprint density at radius 1 is 1.19 bits per heavy atom. The second-order valence-corrected chi connectivity index (χ2v) is 8.62. The van der Waals surface area contributed by atoms with Gasteiger partial charge in [0.15, 0.2) is 0 Å². The molecule has 8 heteroatoms. The highest BCUT2D eigenvalue weighted by Crippen LogP contribution is 2.27. The summed E-state index contributed by atoms with van der Waals surface area (Å²) in [4.78, 5) is 12.9. The monoisotopic (exact) mass is 513 g/mol. The molecule has 0 aromatic heterocycles. The quantitative estimate of drug-likeness (QED) is 0.234. The van der Waals surface area contributed by atoms with Gasteiger partial charge in [-0.3, -0.25) is 4.79 Å². The van der Waals surface area contributed by atoms with Crippen molar-refractivity contribution in [3.05, 3.63) is 92.9 Å². The number of nitrogens with one attached hydrogen (secondary N) is 1. The van der Waals surface area contributed by atoms with Crippen LogP contribution in [0.25, 0.3) is 0 Å². The van der Waals surface area contributed by atoms with Crippen LogP contribution in [-0.2, 0) is 11.4 Å². The van der Waals surface area contributed by atoms with Crippen molar-refractivity contribution in [2.45, 2.75) is 11.5 Å². The van der Waals surface area contributed by atoms with E-state index < -0.39 is 0 Å². The Labute approximate surface area is 198 Å². The van der Waals surface area contributed by atoms with Crippen LogP contribution in [0.5, 0.6) is 5.75 Å². The number of carbonyl (C=O) groups excluding carboxylic acids is 1. The van der Waals surface area contributed by atoms with Crippen molar-refractivity contribution in [3.8, 4) is 11.8 Å². The summed E-state index contributed by atoms with van der Waals surface area (Å²) in [6, 6.07) is 22.2. The summed E-state index contributed by atoms with van der Waals surface area (Å²) < 4.78 is 6.57. The number of nitrogens with zero attached hydrogens (tertiary/aromatic N) is 2. The first kappa shape index (κ1) is 22.9. The molecule has 0 aliphatic carbocycles. The molecule has 0 radical (unpaired) electrons. The summed E-state index contributed by atoms with van der Waals surface area (Å²) in [5, 5.41) is 13.8. The number of hydrazone groups is 1. The molecule has 0 bridgehead atoms. The van der Waals surface area contributed by atoms with Gasteiger partial charge in [0.1, 0.15) is 12.4 Å². The van der Waals surface area contributed by atoms with Crippen LogP contribution in [0.3, 0.4) is 0 Å². The average molecular weight is 515 g/mol. The van der Waals surface area contributed by atoms with Gasteiger partial charge in [0, 0.05) is 15.5 Å². The predicted octanol–water partition coefficient (Wildman–Crippen LogP) is 5.80. The average Bonchev–Trinajstić information content (AvgIpc) is 2.78. The van der Waals surface area contributed by atoms with E-state index in [1.54, 1.807) is 30.5 Å². The molecule has 0 fully saturated rings. The van der Waals surface area contributed by atoms with E-state index in [2.05, 4.69) is 32.5 Å². The van der Waals surface area contributed by atoms with E-state index in [0.717, 1.165) is 20.5 Å². The van der Waals surface area contributed by atoms with E-state index in [9.17, 15) is 4.79 Å². The number of halogens is 2. The predicted molar refractivity (Wildman–Crippen MR) is 128 cm³/mol. The van der Waals surface area contributed by atoms with E-state index >= 15 is 0 Å². The Bertz CT molecular complexity index is 1130. The molecule has 0 heterocycles. The summed E-state index contributed by atoms with van der Waals surface area (Å²) in [6.45, 7) is 0.289. The number of hydrogen-bond acceptors (Lipinski definition) is 5. The Hall–Kier alpha value is -2.79. The van der Waals surface area contributed by atoms with Gasteiger partial charge in [-0.25, -0.2) is 5.43 Å². The molecule has 0 atom stereocenters. The lowest BCUT2D eigenvalue weighted by Crippen LogP contribution is -2.19. The minimum absolute atomic E-state index is 0.202. The number of thioether (sulfide) groups is 1. The highest BCUT2D eigenvalue weighted by molar-refractivity contribution is 9.10. The molecule has 1 amide bonds. The second-order valence-electron chi connectivity index (χ2n) is 6.28. The van der Waals surface area contributed by atoms with Crippen molar-refractivity contribution in [1.82, 2.24) is 5.43 Å². The highest BCUT2D eigenvalue weighted by atomic mass is 79.9. The summed E-state index contributed by atoms with van der Waals surface area (Å²) in [7, 11) is 0. The maximum absolute atomic E-state index is 11.9. The molecule has 0 aliphatic rings. The fraction of sp³-hybridized carbons (Fsp3) is 0.0870. The molecule has 31 heavy (non-hydrogen) atoms. The summed E-state index contributed by atoms with van der Waals surface area (Å²) in [5.74, 6) is 0.694. The van der Waals surface area contributed by atoms with Crippen molar-refractivity contribution >= 4 is 51.4 Å². The van der Waals surface area contributed by atoms with Crippen molar-refractivity contribution in [3.63, 3.8) is 0 Å². The van der Waals surface area contributed by atoms with Gasteiger partial charge in [-0.2, -0.15) is 10.4 Å². The Balaban J connectivity index is 1.50. The van der Waals surface area contributed by atoms with Crippen LogP contribution in [0.4, 0.5) is 0 Å². The number of ether oxygens (including phenoxy) is 1. The molecule has 156 valence electrons. The van der Waals surface area contributed by atoms with Crippen LogP contribution in [0.2, 0.25) is 5.02 Å². The van der Waals surface area contributed by atoms with Crippen molar-refractivity contribution in [1.29, 1.82) is 5.26 Å². The number of carbonyl (C=O) groups is 1. The molecule has 0 aliphatic heterocycles. The number of benzene rings is 3. The van der Waals surface area contributed by atoms with Crippen LogP contribution < -0.4 is 10.2 Å². The van der Waals surface area contributed by atoms with Crippen LogP contribution in [0.15, 0.2) is 81.2 Å². The van der Waals surface area contributed by atoms with E-state index in [-0.39, 0.29) is 18.3 Å². The molecule has 0 saturated heterocycles. The Morgan fingerprint density at radius 2 is 1.97 bits per heavy atom. The molecule has 3 aromatic rings. The van der Waals surface area contributed by atoms with E-state index in [1.165, 1.54) is 11.8 Å². The largest absolute Gasteiger partial charge is 0.488 e. The van der Waals surface area contributed by atoms with E-state index in [4.69, 9.17) is 21.6 Å². The standard InChI is InChI=1S/C23H17BrClN3O2S/c24-21-11-16(5-10-22(21)30-14-18-4-2-1-3-17(18)12-26)13-27-28-23(29)15-31-20-8-6-19(25)7-9-20/h1-11,13H,14-15H2,(H,28,29)/b27-13-. The second kappa shape index (κ2) is 11.6. The molecule has 0 saturated carbocycles.